The molecule has 2 nitrogen and oxygen atoms in total. The topological polar surface area (TPSA) is 29.5 Å². The minimum atomic E-state index is -0.611. The van der Waals surface area contributed by atoms with Crippen LogP contribution in [0.2, 0.25) is 0 Å². The third kappa shape index (κ3) is 1.53. The molecule has 0 aromatic rings. The number of hydrogen-bond acceptors (Lipinski definition) is 2. The van der Waals surface area contributed by atoms with E-state index in [9.17, 15) is 5.11 Å². The van der Waals surface area contributed by atoms with Gasteiger partial charge in [0.2, 0.25) is 0 Å². The predicted octanol–water partition coefficient (Wildman–Crippen LogP) is 4.16. The van der Waals surface area contributed by atoms with Crippen LogP contribution in [0.25, 0.3) is 0 Å². The first-order valence-electron chi connectivity index (χ1n) is 8.28. The van der Waals surface area contributed by atoms with Crippen LogP contribution in [0.3, 0.4) is 0 Å². The molecule has 4 unspecified atom stereocenters. The van der Waals surface area contributed by atoms with E-state index >= 15 is 0 Å². The molecule has 3 aliphatic rings. The van der Waals surface area contributed by atoms with Crippen LogP contribution in [0.4, 0.5) is 0 Å². The van der Waals surface area contributed by atoms with Gasteiger partial charge in [-0.15, -0.1) is 0 Å². The average Bonchev–Trinajstić information content (AvgIpc) is 2.79. The van der Waals surface area contributed by atoms with Gasteiger partial charge in [-0.25, -0.2) is 0 Å². The molecule has 4 atom stereocenters. The average molecular weight is 280 g/mol. The number of hydrogen-bond donors (Lipinski definition) is 1. The molecule has 0 aromatic heterocycles. The fourth-order valence-corrected chi connectivity index (χ4v) is 6.37. The molecule has 2 saturated carbocycles. The quantitative estimate of drug-likeness (QED) is 0.781. The minimum Gasteiger partial charge on any atom is -0.388 e. The maximum atomic E-state index is 12.0. The second-order valence-corrected chi connectivity index (χ2v) is 9.71. The smallest absolute Gasteiger partial charge is 0.0810 e. The van der Waals surface area contributed by atoms with Crippen molar-refractivity contribution >= 4 is 0 Å². The summed E-state index contributed by atoms with van der Waals surface area (Å²) in [7, 11) is 0. The fourth-order valence-electron chi connectivity index (χ4n) is 6.37. The van der Waals surface area contributed by atoms with Crippen LogP contribution >= 0.6 is 0 Å². The molecular weight excluding hydrogens is 248 g/mol. The number of aliphatic hydroxyl groups is 1. The van der Waals surface area contributed by atoms with Crippen LogP contribution in [0.1, 0.15) is 74.1 Å². The van der Waals surface area contributed by atoms with Gasteiger partial charge in [-0.2, -0.15) is 0 Å². The lowest BCUT2D eigenvalue weighted by Gasteiger charge is -2.56. The first kappa shape index (κ1) is 14.8. The number of rotatable bonds is 1. The molecule has 1 N–H and O–H groups in total. The molecule has 2 bridgehead atoms. The van der Waals surface area contributed by atoms with Gasteiger partial charge in [0.15, 0.2) is 0 Å². The van der Waals surface area contributed by atoms with Gasteiger partial charge < -0.3 is 9.84 Å². The van der Waals surface area contributed by atoms with Gasteiger partial charge in [0, 0.05) is 5.92 Å². The third-order valence-electron chi connectivity index (χ3n) is 7.24. The molecular formula is C18H32O2. The minimum absolute atomic E-state index is 0.00822. The molecule has 2 heteroatoms. The number of ether oxygens (including phenoxy) is 1. The number of fused-ring (bicyclic) bond motifs is 2. The van der Waals surface area contributed by atoms with Crippen molar-refractivity contribution in [3.63, 3.8) is 0 Å². The van der Waals surface area contributed by atoms with E-state index in [2.05, 4.69) is 48.5 Å². The third-order valence-corrected chi connectivity index (χ3v) is 7.24. The molecule has 3 rings (SSSR count). The summed E-state index contributed by atoms with van der Waals surface area (Å²) >= 11 is 0. The molecule has 116 valence electrons. The zero-order valence-electron chi connectivity index (χ0n) is 14.3. The zero-order chi connectivity index (χ0) is 15.2. The summed E-state index contributed by atoms with van der Waals surface area (Å²) in [5.74, 6) is 0.882. The maximum Gasteiger partial charge on any atom is 0.0810 e. The fraction of sp³-hybridized carbons (Fsp3) is 1.00. The Morgan fingerprint density at radius 2 is 1.55 bits per heavy atom. The first-order valence-corrected chi connectivity index (χ1v) is 8.28. The van der Waals surface area contributed by atoms with Gasteiger partial charge in [-0.1, -0.05) is 20.8 Å². The Balaban J connectivity index is 2.08. The molecule has 0 spiro atoms. The van der Waals surface area contributed by atoms with Crippen LogP contribution in [0, 0.1) is 22.7 Å². The van der Waals surface area contributed by atoms with Crippen LogP contribution < -0.4 is 0 Å². The predicted molar refractivity (Wildman–Crippen MR) is 81.5 cm³/mol. The van der Waals surface area contributed by atoms with E-state index in [0.717, 1.165) is 6.42 Å². The van der Waals surface area contributed by atoms with E-state index in [1.807, 2.05) is 0 Å². The second-order valence-electron chi connectivity index (χ2n) is 9.71. The van der Waals surface area contributed by atoms with Crippen molar-refractivity contribution in [2.24, 2.45) is 22.7 Å². The van der Waals surface area contributed by atoms with Gasteiger partial charge in [-0.3, -0.25) is 0 Å². The molecule has 1 heterocycles. The Labute approximate surface area is 124 Å². The lowest BCUT2D eigenvalue weighted by Crippen LogP contribution is -2.62. The van der Waals surface area contributed by atoms with E-state index < -0.39 is 5.60 Å². The Kier molecular flexibility index (Phi) is 2.69. The Hall–Kier alpha value is -0.0800. The van der Waals surface area contributed by atoms with Crippen molar-refractivity contribution in [3.8, 4) is 0 Å². The van der Waals surface area contributed by atoms with E-state index in [0.29, 0.717) is 5.92 Å². The molecule has 0 amide bonds. The molecule has 20 heavy (non-hydrogen) atoms. The zero-order valence-corrected chi connectivity index (χ0v) is 14.3. The monoisotopic (exact) mass is 280 g/mol. The van der Waals surface area contributed by atoms with Crippen molar-refractivity contribution < 1.29 is 9.84 Å². The highest BCUT2D eigenvalue weighted by molar-refractivity contribution is 5.23. The Bertz CT molecular complexity index is 430. The molecule has 1 aliphatic heterocycles. The Morgan fingerprint density at radius 3 is 1.95 bits per heavy atom. The normalized spacial score (nSPS) is 51.6. The van der Waals surface area contributed by atoms with E-state index in [1.165, 1.54) is 19.3 Å². The highest BCUT2D eigenvalue weighted by Gasteiger charge is 2.74. The van der Waals surface area contributed by atoms with E-state index in [4.69, 9.17) is 4.74 Å². The van der Waals surface area contributed by atoms with Gasteiger partial charge in [0.25, 0.3) is 0 Å². The van der Waals surface area contributed by atoms with Crippen LogP contribution in [-0.4, -0.2) is 21.9 Å². The summed E-state index contributed by atoms with van der Waals surface area (Å²) in [6.07, 6.45) is 4.60. The summed E-state index contributed by atoms with van der Waals surface area (Å²) in [5, 5.41) is 12.0. The summed E-state index contributed by atoms with van der Waals surface area (Å²) in [4.78, 5) is 0. The maximum absolute atomic E-state index is 12.0. The van der Waals surface area contributed by atoms with Crippen LogP contribution in [0.15, 0.2) is 0 Å². The highest BCUT2D eigenvalue weighted by atomic mass is 16.5. The van der Waals surface area contributed by atoms with Crippen LogP contribution in [0.5, 0.6) is 0 Å². The second kappa shape index (κ2) is 3.63. The van der Waals surface area contributed by atoms with Crippen molar-refractivity contribution in [1.29, 1.82) is 0 Å². The van der Waals surface area contributed by atoms with Gasteiger partial charge >= 0.3 is 0 Å². The van der Waals surface area contributed by atoms with E-state index in [1.54, 1.807) is 0 Å². The van der Waals surface area contributed by atoms with Crippen molar-refractivity contribution in [1.82, 2.24) is 0 Å². The summed E-state index contributed by atoms with van der Waals surface area (Å²) in [6.45, 7) is 15.6. The summed E-state index contributed by atoms with van der Waals surface area (Å²) in [6, 6.07) is 0. The largest absolute Gasteiger partial charge is 0.388 e. The van der Waals surface area contributed by atoms with Crippen LogP contribution in [-0.2, 0) is 4.74 Å². The Morgan fingerprint density at radius 1 is 0.950 bits per heavy atom. The lowest BCUT2D eigenvalue weighted by atomic mass is 9.52. The first-order chi connectivity index (χ1) is 8.86. The standard InChI is InChI=1S/C18H32O2/c1-14(2)11-13(16(5,6)20-14)18(19)15(3,4)12-8-9-17(18,7)10-12/h12-13,19H,8-11H2,1-7H3. The molecule has 3 fully saturated rings. The van der Waals surface area contributed by atoms with Crippen molar-refractivity contribution in [2.75, 3.05) is 0 Å². The van der Waals surface area contributed by atoms with Crippen molar-refractivity contribution in [3.05, 3.63) is 0 Å². The van der Waals surface area contributed by atoms with Gasteiger partial charge in [0.05, 0.1) is 16.8 Å². The molecule has 0 aromatic carbocycles. The van der Waals surface area contributed by atoms with Gasteiger partial charge in [0.1, 0.15) is 0 Å². The molecule has 1 saturated heterocycles. The summed E-state index contributed by atoms with van der Waals surface area (Å²) in [5.41, 5.74) is -0.931. The SMILES string of the molecule is CC1(C)CC(C2(O)C3(C)CCC(C3)C2(C)C)C(C)(C)O1. The van der Waals surface area contributed by atoms with Gasteiger partial charge in [-0.05, 0) is 70.1 Å². The summed E-state index contributed by atoms with van der Waals surface area (Å²) < 4.78 is 6.31. The van der Waals surface area contributed by atoms with E-state index in [-0.39, 0.29) is 27.9 Å². The molecule has 0 radical (unpaired) electrons. The molecule has 2 aliphatic carbocycles. The highest BCUT2D eigenvalue weighted by Crippen LogP contribution is 2.72. The van der Waals surface area contributed by atoms with Crippen molar-refractivity contribution in [2.45, 2.75) is 91.0 Å². The lowest BCUT2D eigenvalue weighted by molar-refractivity contribution is -0.207.